The molecular formula is C17H12ClN5O2. The summed E-state index contributed by atoms with van der Waals surface area (Å²) in [5.74, 6) is -0.376. The van der Waals surface area contributed by atoms with Gasteiger partial charge in [-0.25, -0.2) is 9.97 Å². The molecule has 7 nitrogen and oxygen atoms in total. The number of amides is 2. The molecule has 0 aliphatic rings. The zero-order valence-corrected chi connectivity index (χ0v) is 13.6. The van der Waals surface area contributed by atoms with E-state index in [2.05, 4.69) is 25.6 Å². The van der Waals surface area contributed by atoms with Crippen LogP contribution in [0.3, 0.4) is 0 Å². The first-order valence-electron chi connectivity index (χ1n) is 7.22. The van der Waals surface area contributed by atoms with Gasteiger partial charge in [0.25, 0.3) is 11.8 Å². The number of carbonyl (C=O) groups is 2. The molecule has 0 aliphatic carbocycles. The van der Waals surface area contributed by atoms with Gasteiger partial charge in [0.15, 0.2) is 0 Å². The van der Waals surface area contributed by atoms with E-state index in [-0.39, 0.29) is 11.6 Å². The van der Waals surface area contributed by atoms with Gasteiger partial charge in [0, 0.05) is 23.0 Å². The van der Waals surface area contributed by atoms with Crippen molar-refractivity contribution in [2.75, 3.05) is 10.6 Å². The van der Waals surface area contributed by atoms with Crippen molar-refractivity contribution < 1.29 is 9.59 Å². The SMILES string of the molecule is O=C(Nc1ccc(NC(=O)c2cnccn2)cn1)c1cccc(Cl)c1. The molecule has 0 atom stereocenters. The van der Waals surface area contributed by atoms with Crippen molar-refractivity contribution in [3.05, 3.63) is 77.5 Å². The van der Waals surface area contributed by atoms with E-state index < -0.39 is 5.91 Å². The van der Waals surface area contributed by atoms with Crippen molar-refractivity contribution in [1.29, 1.82) is 0 Å². The van der Waals surface area contributed by atoms with Gasteiger partial charge in [-0.05, 0) is 30.3 Å². The van der Waals surface area contributed by atoms with Gasteiger partial charge >= 0.3 is 0 Å². The molecule has 2 heterocycles. The van der Waals surface area contributed by atoms with Crippen LogP contribution in [0.5, 0.6) is 0 Å². The summed E-state index contributed by atoms with van der Waals surface area (Å²) in [6.45, 7) is 0. The van der Waals surface area contributed by atoms with Crippen molar-refractivity contribution in [2.45, 2.75) is 0 Å². The molecule has 0 saturated heterocycles. The van der Waals surface area contributed by atoms with Crippen molar-refractivity contribution >= 4 is 34.9 Å². The Hall–Kier alpha value is -3.32. The molecule has 2 amide bonds. The maximum Gasteiger partial charge on any atom is 0.275 e. The molecule has 0 aliphatic heterocycles. The average Bonchev–Trinajstić information content (AvgIpc) is 2.64. The first-order valence-corrected chi connectivity index (χ1v) is 7.60. The van der Waals surface area contributed by atoms with Crippen LogP contribution in [0.4, 0.5) is 11.5 Å². The van der Waals surface area contributed by atoms with Gasteiger partial charge in [0.1, 0.15) is 11.5 Å². The van der Waals surface area contributed by atoms with Crippen LogP contribution in [0.2, 0.25) is 5.02 Å². The van der Waals surface area contributed by atoms with Gasteiger partial charge in [0.05, 0.1) is 18.1 Å². The highest BCUT2D eigenvalue weighted by molar-refractivity contribution is 6.31. The Labute approximate surface area is 148 Å². The summed E-state index contributed by atoms with van der Waals surface area (Å²) in [5.41, 5.74) is 1.09. The highest BCUT2D eigenvalue weighted by atomic mass is 35.5. The number of hydrogen-bond acceptors (Lipinski definition) is 5. The number of pyridine rings is 1. The second-order valence-corrected chi connectivity index (χ2v) is 5.38. The number of hydrogen-bond donors (Lipinski definition) is 2. The zero-order valence-electron chi connectivity index (χ0n) is 12.8. The summed E-state index contributed by atoms with van der Waals surface area (Å²) in [5, 5.41) is 5.77. The molecule has 0 fully saturated rings. The van der Waals surface area contributed by atoms with E-state index >= 15 is 0 Å². The van der Waals surface area contributed by atoms with Crippen LogP contribution in [0.25, 0.3) is 0 Å². The predicted octanol–water partition coefficient (Wildman–Crippen LogP) is 3.03. The highest BCUT2D eigenvalue weighted by Crippen LogP contribution is 2.14. The summed E-state index contributed by atoms with van der Waals surface area (Å²) in [4.78, 5) is 35.9. The van der Waals surface area contributed by atoms with E-state index in [0.29, 0.717) is 22.1 Å². The molecule has 3 aromatic rings. The fourth-order valence-electron chi connectivity index (χ4n) is 1.97. The molecule has 8 heteroatoms. The number of halogens is 1. The lowest BCUT2D eigenvalue weighted by atomic mass is 10.2. The van der Waals surface area contributed by atoms with E-state index in [1.165, 1.54) is 24.8 Å². The number of rotatable bonds is 4. The lowest BCUT2D eigenvalue weighted by Gasteiger charge is -2.07. The monoisotopic (exact) mass is 353 g/mol. The first kappa shape index (κ1) is 16.5. The molecule has 0 unspecified atom stereocenters. The minimum absolute atomic E-state index is 0.195. The maximum atomic E-state index is 12.1. The molecular weight excluding hydrogens is 342 g/mol. The van der Waals surface area contributed by atoms with E-state index in [4.69, 9.17) is 11.6 Å². The predicted molar refractivity (Wildman–Crippen MR) is 93.6 cm³/mol. The van der Waals surface area contributed by atoms with Crippen molar-refractivity contribution in [2.24, 2.45) is 0 Å². The maximum absolute atomic E-state index is 12.1. The fourth-order valence-corrected chi connectivity index (χ4v) is 2.16. The lowest BCUT2D eigenvalue weighted by molar-refractivity contribution is 0.101. The van der Waals surface area contributed by atoms with E-state index in [1.807, 2.05) is 0 Å². The largest absolute Gasteiger partial charge is 0.319 e. The topological polar surface area (TPSA) is 96.9 Å². The normalized spacial score (nSPS) is 10.1. The van der Waals surface area contributed by atoms with Gasteiger partial charge in [-0.15, -0.1) is 0 Å². The quantitative estimate of drug-likeness (QED) is 0.751. The Kier molecular flexibility index (Phi) is 4.96. The van der Waals surface area contributed by atoms with Gasteiger partial charge in [-0.2, -0.15) is 0 Å². The molecule has 124 valence electrons. The van der Waals surface area contributed by atoms with Crippen LogP contribution in [-0.2, 0) is 0 Å². The average molecular weight is 354 g/mol. The number of aromatic nitrogens is 3. The molecule has 25 heavy (non-hydrogen) atoms. The third kappa shape index (κ3) is 4.36. The Bertz CT molecular complexity index is 900. The van der Waals surface area contributed by atoms with Gasteiger partial charge in [-0.3, -0.25) is 14.6 Å². The minimum Gasteiger partial charge on any atom is -0.319 e. The number of carbonyl (C=O) groups excluding carboxylic acids is 2. The third-order valence-corrected chi connectivity index (χ3v) is 3.38. The minimum atomic E-state index is -0.398. The van der Waals surface area contributed by atoms with Gasteiger partial charge in [0.2, 0.25) is 0 Å². The van der Waals surface area contributed by atoms with Crippen LogP contribution in [0, 0.1) is 0 Å². The summed E-state index contributed by atoms with van der Waals surface area (Å²) >= 11 is 5.87. The number of benzene rings is 1. The lowest BCUT2D eigenvalue weighted by Crippen LogP contribution is -2.15. The molecule has 1 aromatic carbocycles. The molecule has 2 N–H and O–H groups in total. The van der Waals surface area contributed by atoms with Crippen molar-refractivity contribution in [3.63, 3.8) is 0 Å². The molecule has 0 spiro atoms. The van der Waals surface area contributed by atoms with Crippen LogP contribution in [0.1, 0.15) is 20.8 Å². The van der Waals surface area contributed by atoms with Gasteiger partial charge < -0.3 is 10.6 Å². The third-order valence-electron chi connectivity index (χ3n) is 3.15. The van der Waals surface area contributed by atoms with Crippen LogP contribution in [0.15, 0.2) is 61.2 Å². The molecule has 3 rings (SSSR count). The Morgan fingerprint density at radius 1 is 0.920 bits per heavy atom. The Morgan fingerprint density at radius 3 is 2.48 bits per heavy atom. The van der Waals surface area contributed by atoms with Gasteiger partial charge in [-0.1, -0.05) is 17.7 Å². The smallest absolute Gasteiger partial charge is 0.275 e. The van der Waals surface area contributed by atoms with Crippen LogP contribution in [-0.4, -0.2) is 26.8 Å². The summed E-state index contributed by atoms with van der Waals surface area (Å²) in [6.07, 6.45) is 5.71. The van der Waals surface area contributed by atoms with E-state index in [1.54, 1.807) is 36.4 Å². The Morgan fingerprint density at radius 2 is 1.80 bits per heavy atom. The standard InChI is InChI=1S/C17H12ClN5O2/c18-12-3-1-2-11(8-12)16(24)23-15-5-4-13(9-21-15)22-17(25)14-10-19-6-7-20-14/h1-10H,(H,22,25)(H,21,23,24). The number of nitrogens with zero attached hydrogens (tertiary/aromatic N) is 3. The molecule has 0 bridgehead atoms. The molecule has 2 aromatic heterocycles. The highest BCUT2D eigenvalue weighted by Gasteiger charge is 2.09. The second kappa shape index (κ2) is 7.50. The second-order valence-electron chi connectivity index (χ2n) is 4.94. The number of nitrogens with one attached hydrogen (secondary N) is 2. The van der Waals surface area contributed by atoms with Crippen molar-refractivity contribution in [1.82, 2.24) is 15.0 Å². The Balaban J connectivity index is 1.64. The first-order chi connectivity index (χ1) is 12.1. The number of anilines is 2. The summed E-state index contributed by atoms with van der Waals surface area (Å²) < 4.78 is 0. The molecule has 0 radical (unpaired) electrons. The zero-order chi connectivity index (χ0) is 17.6. The van der Waals surface area contributed by atoms with Crippen LogP contribution >= 0.6 is 11.6 Å². The van der Waals surface area contributed by atoms with E-state index in [9.17, 15) is 9.59 Å². The van der Waals surface area contributed by atoms with Crippen LogP contribution < -0.4 is 10.6 Å². The summed E-state index contributed by atoms with van der Waals surface area (Å²) in [7, 11) is 0. The van der Waals surface area contributed by atoms with E-state index in [0.717, 1.165) is 0 Å². The fraction of sp³-hybridized carbons (Fsp3) is 0. The van der Waals surface area contributed by atoms with Crippen molar-refractivity contribution in [3.8, 4) is 0 Å². The summed E-state index contributed by atoms with van der Waals surface area (Å²) in [6, 6.07) is 9.79. The molecule has 0 saturated carbocycles.